The first kappa shape index (κ1) is 7.71. The molecule has 0 amide bonds. The highest BCUT2D eigenvalue weighted by Crippen LogP contribution is 2.31. The molecule has 3 nitrogen and oxygen atoms in total. The molecule has 0 saturated heterocycles. The molecule has 0 atom stereocenters. The first-order valence-corrected chi connectivity index (χ1v) is 4.03. The van der Waals surface area contributed by atoms with Gasteiger partial charge in [-0.2, -0.15) is 5.10 Å². The number of fused-ring (bicyclic) bond motifs is 1. The number of nitrogens with zero attached hydrogens (tertiary/aromatic N) is 1. The highest BCUT2D eigenvalue weighted by molar-refractivity contribution is 6.40. The molecule has 1 heterocycles. The number of aromatic nitrogens is 2. The Hall–Kier alpha value is -0.930. The van der Waals surface area contributed by atoms with Gasteiger partial charge < -0.3 is 5.73 Å². The zero-order chi connectivity index (χ0) is 8.72. The van der Waals surface area contributed by atoms with Crippen LogP contribution >= 0.6 is 23.2 Å². The number of hydrogen-bond donors (Lipinski definition) is 2. The smallest absolute Gasteiger partial charge is 0.154 e. The van der Waals surface area contributed by atoms with Gasteiger partial charge in [0, 0.05) is 0 Å². The van der Waals surface area contributed by atoms with E-state index in [0.717, 1.165) is 0 Å². The van der Waals surface area contributed by atoms with E-state index in [1.54, 1.807) is 12.1 Å². The summed E-state index contributed by atoms with van der Waals surface area (Å²) in [5.41, 5.74) is 6.24. The molecule has 5 heteroatoms. The Labute approximate surface area is 78.5 Å². The summed E-state index contributed by atoms with van der Waals surface area (Å²) in [7, 11) is 0. The molecule has 0 aliphatic carbocycles. The van der Waals surface area contributed by atoms with Gasteiger partial charge in [-0.15, -0.1) is 0 Å². The summed E-state index contributed by atoms with van der Waals surface area (Å²) in [6.07, 6.45) is 0. The number of aromatic amines is 1. The fraction of sp³-hybridized carbons (Fsp3) is 0. The number of nitrogen functional groups attached to an aromatic ring is 1. The van der Waals surface area contributed by atoms with Gasteiger partial charge in [-0.1, -0.05) is 23.2 Å². The van der Waals surface area contributed by atoms with E-state index in [0.29, 0.717) is 26.8 Å². The van der Waals surface area contributed by atoms with E-state index in [-0.39, 0.29) is 0 Å². The van der Waals surface area contributed by atoms with Crippen molar-refractivity contribution >= 4 is 39.9 Å². The van der Waals surface area contributed by atoms with Crippen LogP contribution in [-0.2, 0) is 0 Å². The molecule has 3 N–H and O–H groups in total. The monoisotopic (exact) mass is 201 g/mol. The van der Waals surface area contributed by atoms with Gasteiger partial charge in [0.15, 0.2) is 5.82 Å². The lowest BCUT2D eigenvalue weighted by molar-refractivity contribution is 1.13. The average Bonchev–Trinajstić information content (AvgIpc) is 2.42. The molecule has 0 radical (unpaired) electrons. The molecule has 62 valence electrons. The van der Waals surface area contributed by atoms with Gasteiger partial charge in [-0.05, 0) is 12.1 Å². The van der Waals surface area contributed by atoms with Crippen LogP contribution in [0.15, 0.2) is 12.1 Å². The molecule has 0 aliphatic heterocycles. The number of nitrogens with two attached hydrogens (primary N) is 1. The predicted octanol–water partition coefficient (Wildman–Crippen LogP) is 2.45. The Morgan fingerprint density at radius 3 is 2.58 bits per heavy atom. The van der Waals surface area contributed by atoms with Crippen molar-refractivity contribution < 1.29 is 0 Å². The number of hydrogen-bond acceptors (Lipinski definition) is 2. The molecule has 1 aromatic carbocycles. The summed E-state index contributed by atoms with van der Waals surface area (Å²) >= 11 is 11.7. The van der Waals surface area contributed by atoms with E-state index in [4.69, 9.17) is 28.9 Å². The number of nitrogens with one attached hydrogen (secondary N) is 1. The van der Waals surface area contributed by atoms with Crippen molar-refractivity contribution in [1.82, 2.24) is 10.2 Å². The topological polar surface area (TPSA) is 54.7 Å². The lowest BCUT2D eigenvalue weighted by Gasteiger charge is -1.95. The minimum Gasteiger partial charge on any atom is -0.382 e. The second-order valence-electron chi connectivity index (χ2n) is 2.39. The Bertz CT molecular complexity index is 435. The van der Waals surface area contributed by atoms with Gasteiger partial charge in [-0.25, -0.2) is 0 Å². The van der Waals surface area contributed by atoms with Crippen LogP contribution in [0.1, 0.15) is 0 Å². The molecular weight excluding hydrogens is 197 g/mol. The first-order chi connectivity index (χ1) is 5.70. The van der Waals surface area contributed by atoms with Crippen LogP contribution in [0.4, 0.5) is 5.82 Å². The molecule has 0 fully saturated rings. The standard InChI is InChI=1S/C7H5Cl2N3/c8-3-1-2-4(9)6-5(3)7(10)12-11-6/h1-2H,(H3,10,11,12). The summed E-state index contributed by atoms with van der Waals surface area (Å²) in [4.78, 5) is 0. The third-order valence-corrected chi connectivity index (χ3v) is 2.28. The number of H-pyrrole nitrogens is 1. The Morgan fingerprint density at radius 1 is 1.25 bits per heavy atom. The number of rotatable bonds is 0. The third kappa shape index (κ3) is 0.940. The van der Waals surface area contributed by atoms with E-state index in [9.17, 15) is 0 Å². The van der Waals surface area contributed by atoms with Crippen LogP contribution in [0.2, 0.25) is 10.0 Å². The summed E-state index contributed by atoms with van der Waals surface area (Å²) < 4.78 is 0. The molecule has 0 aliphatic rings. The molecule has 12 heavy (non-hydrogen) atoms. The normalized spacial score (nSPS) is 10.8. The van der Waals surface area contributed by atoms with E-state index in [1.807, 2.05) is 0 Å². The van der Waals surface area contributed by atoms with Gasteiger partial charge in [0.25, 0.3) is 0 Å². The van der Waals surface area contributed by atoms with Crippen molar-refractivity contribution in [3.63, 3.8) is 0 Å². The third-order valence-electron chi connectivity index (χ3n) is 1.65. The molecule has 0 bridgehead atoms. The van der Waals surface area contributed by atoms with Gasteiger partial charge >= 0.3 is 0 Å². The van der Waals surface area contributed by atoms with E-state index < -0.39 is 0 Å². The van der Waals surface area contributed by atoms with Gasteiger partial charge in [0.05, 0.1) is 20.9 Å². The number of anilines is 1. The van der Waals surface area contributed by atoms with Crippen molar-refractivity contribution in [1.29, 1.82) is 0 Å². The molecule has 2 aromatic rings. The fourth-order valence-electron chi connectivity index (χ4n) is 1.08. The lowest BCUT2D eigenvalue weighted by Crippen LogP contribution is -1.84. The van der Waals surface area contributed by atoms with Crippen LogP contribution in [0.25, 0.3) is 10.9 Å². The van der Waals surface area contributed by atoms with Crippen molar-refractivity contribution in [2.24, 2.45) is 0 Å². The van der Waals surface area contributed by atoms with Crippen LogP contribution in [0, 0.1) is 0 Å². The maximum absolute atomic E-state index is 5.88. The van der Waals surface area contributed by atoms with Crippen molar-refractivity contribution in [2.75, 3.05) is 5.73 Å². The van der Waals surface area contributed by atoms with Crippen LogP contribution in [0.5, 0.6) is 0 Å². The van der Waals surface area contributed by atoms with Gasteiger partial charge in [0.1, 0.15) is 0 Å². The van der Waals surface area contributed by atoms with Crippen LogP contribution < -0.4 is 5.73 Å². The van der Waals surface area contributed by atoms with Crippen LogP contribution in [0.3, 0.4) is 0 Å². The van der Waals surface area contributed by atoms with E-state index in [2.05, 4.69) is 10.2 Å². The summed E-state index contributed by atoms with van der Waals surface area (Å²) in [6, 6.07) is 3.39. The zero-order valence-corrected chi connectivity index (χ0v) is 7.45. The average molecular weight is 202 g/mol. The quantitative estimate of drug-likeness (QED) is 0.689. The number of halogens is 2. The van der Waals surface area contributed by atoms with Gasteiger partial charge in [0.2, 0.25) is 0 Å². The van der Waals surface area contributed by atoms with E-state index in [1.165, 1.54) is 0 Å². The minimum atomic E-state index is 0.373. The van der Waals surface area contributed by atoms with Crippen LogP contribution in [-0.4, -0.2) is 10.2 Å². The second kappa shape index (κ2) is 2.54. The molecule has 2 rings (SSSR count). The van der Waals surface area contributed by atoms with Gasteiger partial charge in [-0.3, -0.25) is 5.10 Å². The molecule has 0 saturated carbocycles. The molecule has 1 aromatic heterocycles. The molecular formula is C7H5Cl2N3. The summed E-state index contributed by atoms with van der Waals surface area (Å²) in [6.45, 7) is 0. The number of benzene rings is 1. The van der Waals surface area contributed by atoms with E-state index >= 15 is 0 Å². The Balaban J connectivity index is 2.98. The molecule has 0 unspecified atom stereocenters. The first-order valence-electron chi connectivity index (χ1n) is 3.27. The Kier molecular flexibility index (Phi) is 1.63. The largest absolute Gasteiger partial charge is 0.382 e. The predicted molar refractivity (Wildman–Crippen MR) is 50.5 cm³/mol. The second-order valence-corrected chi connectivity index (χ2v) is 3.20. The lowest BCUT2D eigenvalue weighted by atomic mass is 10.2. The SMILES string of the molecule is Nc1n[nH]c2c(Cl)ccc(Cl)c12. The summed E-state index contributed by atoms with van der Waals surface area (Å²) in [5.74, 6) is 0.373. The minimum absolute atomic E-state index is 0.373. The Morgan fingerprint density at radius 2 is 1.92 bits per heavy atom. The zero-order valence-electron chi connectivity index (χ0n) is 5.94. The van der Waals surface area contributed by atoms with Crippen molar-refractivity contribution in [2.45, 2.75) is 0 Å². The molecule has 0 spiro atoms. The summed E-state index contributed by atoms with van der Waals surface area (Å²) in [5, 5.41) is 8.32. The van der Waals surface area contributed by atoms with Crippen molar-refractivity contribution in [3.05, 3.63) is 22.2 Å². The maximum atomic E-state index is 5.88. The van der Waals surface area contributed by atoms with Crippen molar-refractivity contribution in [3.8, 4) is 0 Å². The highest BCUT2D eigenvalue weighted by Gasteiger charge is 2.08. The fourth-order valence-corrected chi connectivity index (χ4v) is 1.54. The maximum Gasteiger partial charge on any atom is 0.154 e. The highest BCUT2D eigenvalue weighted by atomic mass is 35.5.